The number of Topliss-reactive ketones (excluding diaryl/α,β-unsaturated/α-hetero) is 1. The predicted octanol–water partition coefficient (Wildman–Crippen LogP) is 4.66. The van der Waals surface area contributed by atoms with Gasteiger partial charge in [-0.25, -0.2) is 12.4 Å². The van der Waals surface area contributed by atoms with E-state index in [4.69, 9.17) is 0 Å². The zero-order valence-electron chi connectivity index (χ0n) is 19.2. The molecule has 6 nitrogen and oxygen atoms in total. The summed E-state index contributed by atoms with van der Waals surface area (Å²) in [6.07, 6.45) is 2.68. The van der Waals surface area contributed by atoms with Crippen LogP contribution in [0.2, 0.25) is 0 Å². The fourth-order valence-electron chi connectivity index (χ4n) is 4.25. The lowest BCUT2D eigenvalue weighted by atomic mass is 9.87. The maximum atomic E-state index is 13.8. The maximum Gasteiger partial charge on any atom is 0.268 e. The number of fused-ring (bicyclic) bond motifs is 1. The lowest BCUT2D eigenvalue weighted by Gasteiger charge is -2.19. The van der Waals surface area contributed by atoms with Crippen molar-refractivity contribution in [3.8, 4) is 11.1 Å². The van der Waals surface area contributed by atoms with Crippen LogP contribution in [0.15, 0.2) is 102 Å². The molecule has 1 aromatic heterocycles. The molecule has 7 heteroatoms. The van der Waals surface area contributed by atoms with Crippen LogP contribution in [0.5, 0.6) is 0 Å². The number of nitrogens with zero attached hydrogens (tertiary/aromatic N) is 2. The van der Waals surface area contributed by atoms with E-state index in [1.807, 2.05) is 49.3 Å². The minimum atomic E-state index is -4.07. The van der Waals surface area contributed by atoms with Crippen LogP contribution in [0, 0.1) is 0 Å². The van der Waals surface area contributed by atoms with Crippen molar-refractivity contribution in [2.45, 2.75) is 4.90 Å². The van der Waals surface area contributed by atoms with Crippen LogP contribution in [-0.4, -0.2) is 38.1 Å². The number of ketones is 2. The van der Waals surface area contributed by atoms with Crippen molar-refractivity contribution in [1.29, 1.82) is 0 Å². The molecule has 0 atom stereocenters. The number of carbonyl (C=O) groups is 2. The summed E-state index contributed by atoms with van der Waals surface area (Å²) in [4.78, 5) is 28.1. The molecule has 0 radical (unpaired) electrons. The third kappa shape index (κ3) is 3.80. The van der Waals surface area contributed by atoms with E-state index in [1.165, 1.54) is 24.4 Å². The van der Waals surface area contributed by atoms with Crippen LogP contribution in [0.25, 0.3) is 16.7 Å². The van der Waals surface area contributed by atoms with Gasteiger partial charge < -0.3 is 4.90 Å². The van der Waals surface area contributed by atoms with Gasteiger partial charge in [-0.1, -0.05) is 60.7 Å². The Hall–Kier alpha value is -4.23. The molecule has 0 N–H and O–H groups in total. The maximum absolute atomic E-state index is 13.8. The van der Waals surface area contributed by atoms with E-state index in [0.29, 0.717) is 22.3 Å². The van der Waals surface area contributed by atoms with E-state index in [1.54, 1.807) is 42.5 Å². The first-order valence-electron chi connectivity index (χ1n) is 11.0. The quantitative estimate of drug-likeness (QED) is 0.387. The Morgan fingerprint density at radius 3 is 1.94 bits per heavy atom. The van der Waals surface area contributed by atoms with E-state index in [-0.39, 0.29) is 16.2 Å². The molecular formula is C28H22N2O4S. The molecule has 5 rings (SSSR count). The van der Waals surface area contributed by atoms with E-state index >= 15 is 0 Å². The summed E-state index contributed by atoms with van der Waals surface area (Å²) >= 11 is 0. The summed E-state index contributed by atoms with van der Waals surface area (Å²) in [6, 6.07) is 24.5. The summed E-state index contributed by atoms with van der Waals surface area (Å²) < 4.78 is 28.7. The number of hydrogen-bond acceptors (Lipinski definition) is 5. The standard InChI is InChI=1S/C28H22N2O4S/c1-29(2)21-15-13-20(14-16-21)23-17-25(31)28(32)26-24(19-9-5-3-6-10-19)18-30(27(23)26)35(33,34)22-11-7-4-8-12-22/h3-18H,1-2H3. The van der Waals surface area contributed by atoms with Gasteiger partial charge in [0.2, 0.25) is 11.6 Å². The molecule has 0 saturated heterocycles. The van der Waals surface area contributed by atoms with E-state index in [2.05, 4.69) is 0 Å². The summed E-state index contributed by atoms with van der Waals surface area (Å²) in [7, 11) is -0.236. The lowest BCUT2D eigenvalue weighted by Crippen LogP contribution is -2.23. The molecule has 4 aromatic rings. The molecule has 0 spiro atoms. The Morgan fingerprint density at radius 1 is 0.743 bits per heavy atom. The molecule has 0 saturated carbocycles. The SMILES string of the molecule is CN(C)c1ccc(C2=CC(=O)C(=O)c3c(-c4ccccc4)cn(S(=O)(=O)c4ccccc4)c32)cc1. The largest absolute Gasteiger partial charge is 0.378 e. The van der Waals surface area contributed by atoms with Gasteiger partial charge in [0, 0.05) is 37.1 Å². The van der Waals surface area contributed by atoms with Crippen LogP contribution < -0.4 is 4.90 Å². The molecule has 0 aliphatic heterocycles. The van der Waals surface area contributed by atoms with Crippen molar-refractivity contribution in [2.75, 3.05) is 19.0 Å². The van der Waals surface area contributed by atoms with Crippen molar-refractivity contribution >= 4 is 32.9 Å². The first kappa shape index (κ1) is 22.6. The smallest absolute Gasteiger partial charge is 0.268 e. The summed E-state index contributed by atoms with van der Waals surface area (Å²) in [5, 5.41) is 0. The molecule has 35 heavy (non-hydrogen) atoms. The Kier molecular flexibility index (Phi) is 5.49. The zero-order chi connectivity index (χ0) is 24.7. The number of benzene rings is 3. The molecular weight excluding hydrogens is 460 g/mol. The van der Waals surface area contributed by atoms with Crippen LogP contribution in [0.3, 0.4) is 0 Å². The normalized spacial score (nSPS) is 13.4. The number of allylic oxidation sites excluding steroid dienone is 1. The summed E-state index contributed by atoms with van der Waals surface area (Å²) in [6.45, 7) is 0. The van der Waals surface area contributed by atoms with Crippen LogP contribution >= 0.6 is 0 Å². The first-order chi connectivity index (χ1) is 16.8. The van der Waals surface area contributed by atoms with Gasteiger partial charge in [-0.3, -0.25) is 9.59 Å². The number of carbonyl (C=O) groups excluding carboxylic acids is 2. The van der Waals surface area contributed by atoms with E-state index in [0.717, 1.165) is 9.66 Å². The number of aromatic nitrogens is 1. The number of rotatable bonds is 5. The van der Waals surface area contributed by atoms with Gasteiger partial charge in [-0.15, -0.1) is 0 Å². The third-order valence-electron chi connectivity index (χ3n) is 6.03. The van der Waals surface area contributed by atoms with E-state index in [9.17, 15) is 18.0 Å². The fourth-order valence-corrected chi connectivity index (χ4v) is 5.65. The Morgan fingerprint density at radius 2 is 1.34 bits per heavy atom. The minimum Gasteiger partial charge on any atom is -0.378 e. The molecule has 0 fully saturated rings. The highest BCUT2D eigenvalue weighted by atomic mass is 32.2. The van der Waals surface area contributed by atoms with Gasteiger partial charge in [-0.2, -0.15) is 0 Å². The van der Waals surface area contributed by atoms with Gasteiger partial charge in [0.25, 0.3) is 10.0 Å². The van der Waals surface area contributed by atoms with Gasteiger partial charge >= 0.3 is 0 Å². The fraction of sp³-hybridized carbons (Fsp3) is 0.0714. The lowest BCUT2D eigenvalue weighted by molar-refractivity contribution is -0.111. The molecule has 1 aliphatic carbocycles. The van der Waals surface area contributed by atoms with Crippen LogP contribution in [0.1, 0.15) is 21.6 Å². The highest BCUT2D eigenvalue weighted by Crippen LogP contribution is 2.40. The molecule has 1 aliphatic rings. The Bertz CT molecular complexity index is 1580. The molecule has 0 unspecified atom stereocenters. The second-order valence-corrected chi connectivity index (χ2v) is 10.3. The minimum absolute atomic E-state index is 0.0871. The number of hydrogen-bond donors (Lipinski definition) is 0. The second-order valence-electron chi connectivity index (χ2n) is 8.44. The van der Waals surface area contributed by atoms with Gasteiger partial charge in [0.1, 0.15) is 0 Å². The van der Waals surface area contributed by atoms with Crippen molar-refractivity contribution in [2.24, 2.45) is 0 Å². The van der Waals surface area contributed by atoms with E-state index < -0.39 is 21.6 Å². The Labute approximate surface area is 203 Å². The highest BCUT2D eigenvalue weighted by molar-refractivity contribution is 7.90. The monoisotopic (exact) mass is 482 g/mol. The molecule has 1 heterocycles. The average molecular weight is 483 g/mol. The second kappa shape index (κ2) is 8.52. The van der Waals surface area contributed by atoms with Crippen molar-refractivity contribution < 1.29 is 18.0 Å². The summed E-state index contributed by atoms with van der Waals surface area (Å²) in [5.41, 5.74) is 3.30. The zero-order valence-corrected chi connectivity index (χ0v) is 20.0. The topological polar surface area (TPSA) is 76.5 Å². The third-order valence-corrected chi connectivity index (χ3v) is 7.71. The summed E-state index contributed by atoms with van der Waals surface area (Å²) in [5.74, 6) is -1.41. The van der Waals surface area contributed by atoms with Crippen LogP contribution in [0.4, 0.5) is 5.69 Å². The van der Waals surface area contributed by atoms with Gasteiger partial charge in [0.05, 0.1) is 16.2 Å². The molecule has 0 bridgehead atoms. The number of anilines is 1. The van der Waals surface area contributed by atoms with Crippen molar-refractivity contribution in [3.63, 3.8) is 0 Å². The highest BCUT2D eigenvalue weighted by Gasteiger charge is 2.36. The Balaban J connectivity index is 1.82. The molecule has 3 aromatic carbocycles. The first-order valence-corrected chi connectivity index (χ1v) is 12.4. The van der Waals surface area contributed by atoms with Gasteiger partial charge in [0.15, 0.2) is 0 Å². The van der Waals surface area contributed by atoms with Crippen molar-refractivity contribution in [3.05, 3.63) is 114 Å². The predicted molar refractivity (Wildman–Crippen MR) is 136 cm³/mol. The van der Waals surface area contributed by atoms with Crippen LogP contribution in [-0.2, 0) is 14.8 Å². The van der Waals surface area contributed by atoms with Gasteiger partial charge in [-0.05, 0) is 41.5 Å². The average Bonchev–Trinajstić information content (AvgIpc) is 3.29. The molecule has 0 amide bonds. The molecule has 174 valence electrons. The van der Waals surface area contributed by atoms with Crippen molar-refractivity contribution in [1.82, 2.24) is 3.97 Å².